The first-order valence-corrected chi connectivity index (χ1v) is 7.65. The lowest BCUT2D eigenvalue weighted by Crippen LogP contribution is -2.12. The zero-order valence-corrected chi connectivity index (χ0v) is 12.8. The molecule has 3 nitrogen and oxygen atoms in total. The van der Waals surface area contributed by atoms with Crippen LogP contribution in [0.25, 0.3) is 0 Å². The SMILES string of the molecule is O=C(O)CC1(c2ccc(OCc3ccccc3)c(Cl)c2)CC1. The van der Waals surface area contributed by atoms with Crippen molar-refractivity contribution < 1.29 is 14.6 Å². The number of carboxylic acid groups (broad SMARTS) is 1. The van der Waals surface area contributed by atoms with E-state index in [9.17, 15) is 4.79 Å². The second-order valence-corrected chi connectivity index (χ2v) is 6.18. The standard InChI is InChI=1S/C18H17ClO3/c19-15-10-14(18(8-9-18)11-17(20)21)6-7-16(15)22-12-13-4-2-1-3-5-13/h1-7,10H,8-9,11-12H2,(H,20,21). The summed E-state index contributed by atoms with van der Waals surface area (Å²) in [5.74, 6) is -0.140. The summed E-state index contributed by atoms with van der Waals surface area (Å²) < 4.78 is 5.74. The average Bonchev–Trinajstić information content (AvgIpc) is 3.27. The van der Waals surface area contributed by atoms with Crippen LogP contribution in [0.1, 0.15) is 30.4 Å². The van der Waals surface area contributed by atoms with Gasteiger partial charge < -0.3 is 9.84 Å². The van der Waals surface area contributed by atoms with E-state index >= 15 is 0 Å². The smallest absolute Gasteiger partial charge is 0.304 e. The second kappa shape index (κ2) is 6.01. The monoisotopic (exact) mass is 316 g/mol. The normalized spacial score (nSPS) is 15.3. The van der Waals surface area contributed by atoms with Crippen LogP contribution >= 0.6 is 11.6 Å². The molecule has 1 N–H and O–H groups in total. The van der Waals surface area contributed by atoms with Crippen molar-refractivity contribution in [1.82, 2.24) is 0 Å². The fraction of sp³-hybridized carbons (Fsp3) is 0.278. The van der Waals surface area contributed by atoms with E-state index in [4.69, 9.17) is 21.4 Å². The minimum atomic E-state index is -0.766. The Bertz CT molecular complexity index is 678. The van der Waals surface area contributed by atoms with Gasteiger partial charge in [-0.1, -0.05) is 48.0 Å². The first-order chi connectivity index (χ1) is 10.6. The Labute approximate surface area is 134 Å². The molecule has 0 radical (unpaired) electrons. The van der Waals surface area contributed by atoms with Gasteiger partial charge in [0, 0.05) is 5.41 Å². The zero-order valence-electron chi connectivity index (χ0n) is 12.1. The van der Waals surface area contributed by atoms with Crippen LogP contribution in [0, 0.1) is 0 Å². The van der Waals surface area contributed by atoms with Crippen LogP contribution in [-0.2, 0) is 16.8 Å². The lowest BCUT2D eigenvalue weighted by atomic mass is 9.92. The van der Waals surface area contributed by atoms with Crippen molar-refractivity contribution in [1.29, 1.82) is 0 Å². The number of halogens is 1. The Morgan fingerprint density at radius 3 is 2.50 bits per heavy atom. The molecule has 0 atom stereocenters. The van der Waals surface area contributed by atoms with Crippen molar-refractivity contribution in [2.75, 3.05) is 0 Å². The number of rotatable bonds is 6. The molecule has 0 spiro atoms. The molecule has 0 saturated heterocycles. The summed E-state index contributed by atoms with van der Waals surface area (Å²) in [4.78, 5) is 11.0. The Morgan fingerprint density at radius 1 is 1.18 bits per heavy atom. The van der Waals surface area contributed by atoms with Crippen molar-refractivity contribution >= 4 is 17.6 Å². The van der Waals surface area contributed by atoms with Gasteiger partial charge in [0.05, 0.1) is 11.4 Å². The Hall–Kier alpha value is -2.00. The third kappa shape index (κ3) is 3.25. The molecule has 1 fully saturated rings. The van der Waals surface area contributed by atoms with E-state index < -0.39 is 5.97 Å². The van der Waals surface area contributed by atoms with E-state index in [1.54, 1.807) is 0 Å². The maximum Gasteiger partial charge on any atom is 0.304 e. The molecule has 0 heterocycles. The van der Waals surface area contributed by atoms with Gasteiger partial charge in [-0.25, -0.2) is 0 Å². The van der Waals surface area contributed by atoms with Crippen LogP contribution in [-0.4, -0.2) is 11.1 Å². The summed E-state index contributed by atoms with van der Waals surface area (Å²) >= 11 is 6.29. The van der Waals surface area contributed by atoms with Gasteiger partial charge in [-0.3, -0.25) is 4.79 Å². The van der Waals surface area contributed by atoms with Crippen LogP contribution < -0.4 is 4.74 Å². The quantitative estimate of drug-likeness (QED) is 0.857. The predicted octanol–water partition coefficient (Wildman–Crippen LogP) is 4.43. The van der Waals surface area contributed by atoms with E-state index in [0.717, 1.165) is 24.0 Å². The molecule has 3 rings (SSSR count). The molecule has 0 amide bonds. The molecule has 114 valence electrons. The number of aliphatic carboxylic acids is 1. The molecule has 22 heavy (non-hydrogen) atoms. The van der Waals surface area contributed by atoms with Gasteiger partial charge in [0.1, 0.15) is 12.4 Å². The largest absolute Gasteiger partial charge is 0.487 e. The van der Waals surface area contributed by atoms with Crippen molar-refractivity contribution in [3.05, 3.63) is 64.7 Å². The van der Waals surface area contributed by atoms with Crippen LogP contribution in [0.5, 0.6) is 5.75 Å². The fourth-order valence-corrected chi connectivity index (χ4v) is 2.93. The van der Waals surface area contributed by atoms with Crippen molar-refractivity contribution in [3.63, 3.8) is 0 Å². The van der Waals surface area contributed by atoms with Gasteiger partial charge in [-0.15, -0.1) is 0 Å². The first kappa shape index (κ1) is 14.9. The molecule has 1 aliphatic rings. The number of benzene rings is 2. The van der Waals surface area contributed by atoms with Crippen LogP contribution in [0.3, 0.4) is 0 Å². The minimum Gasteiger partial charge on any atom is -0.487 e. The van der Waals surface area contributed by atoms with Crippen molar-refractivity contribution in [2.45, 2.75) is 31.3 Å². The van der Waals surface area contributed by atoms with Crippen LogP contribution in [0.15, 0.2) is 48.5 Å². The molecule has 4 heteroatoms. The Kier molecular flexibility index (Phi) is 4.08. The molecule has 0 unspecified atom stereocenters. The summed E-state index contributed by atoms with van der Waals surface area (Å²) in [6.45, 7) is 0.459. The second-order valence-electron chi connectivity index (χ2n) is 5.77. The molecule has 2 aromatic rings. The van der Waals surface area contributed by atoms with Crippen molar-refractivity contribution in [2.24, 2.45) is 0 Å². The summed E-state index contributed by atoms with van der Waals surface area (Å²) in [5.41, 5.74) is 1.84. The summed E-state index contributed by atoms with van der Waals surface area (Å²) in [6.07, 6.45) is 1.97. The van der Waals surface area contributed by atoms with E-state index in [-0.39, 0.29) is 11.8 Å². The van der Waals surface area contributed by atoms with Crippen molar-refractivity contribution in [3.8, 4) is 5.75 Å². The van der Waals surface area contributed by atoms with Crippen LogP contribution in [0.4, 0.5) is 0 Å². The van der Waals surface area contributed by atoms with Gasteiger partial charge in [0.2, 0.25) is 0 Å². The number of ether oxygens (including phenoxy) is 1. The lowest BCUT2D eigenvalue weighted by molar-refractivity contribution is -0.137. The fourth-order valence-electron chi connectivity index (χ4n) is 2.69. The molecular formula is C18H17ClO3. The van der Waals surface area contributed by atoms with Gasteiger partial charge in [0.15, 0.2) is 0 Å². The molecule has 1 aliphatic carbocycles. The third-order valence-electron chi connectivity index (χ3n) is 4.12. The highest BCUT2D eigenvalue weighted by Crippen LogP contribution is 2.52. The third-order valence-corrected chi connectivity index (χ3v) is 4.42. The van der Waals surface area contributed by atoms with Gasteiger partial charge >= 0.3 is 5.97 Å². The highest BCUT2D eigenvalue weighted by atomic mass is 35.5. The Balaban J connectivity index is 1.71. The van der Waals surface area contributed by atoms with E-state index in [1.165, 1.54) is 0 Å². The highest BCUT2D eigenvalue weighted by Gasteiger charge is 2.46. The maximum atomic E-state index is 11.0. The minimum absolute atomic E-state index is 0.160. The molecule has 1 saturated carbocycles. The molecule has 0 aliphatic heterocycles. The number of carbonyl (C=O) groups is 1. The molecule has 0 aromatic heterocycles. The molecule has 0 bridgehead atoms. The van der Waals surface area contributed by atoms with Gasteiger partial charge in [0.25, 0.3) is 0 Å². The number of hydrogen-bond acceptors (Lipinski definition) is 2. The maximum absolute atomic E-state index is 11.0. The van der Waals surface area contributed by atoms with Gasteiger partial charge in [-0.05, 0) is 36.1 Å². The molecular weight excluding hydrogens is 300 g/mol. The van der Waals surface area contributed by atoms with Crippen LogP contribution in [0.2, 0.25) is 5.02 Å². The van der Waals surface area contributed by atoms with E-state index in [0.29, 0.717) is 17.4 Å². The summed E-state index contributed by atoms with van der Waals surface area (Å²) in [7, 11) is 0. The first-order valence-electron chi connectivity index (χ1n) is 7.28. The lowest BCUT2D eigenvalue weighted by Gasteiger charge is -2.15. The summed E-state index contributed by atoms with van der Waals surface area (Å²) in [6, 6.07) is 15.5. The average molecular weight is 317 g/mol. The van der Waals surface area contributed by atoms with Gasteiger partial charge in [-0.2, -0.15) is 0 Å². The summed E-state index contributed by atoms with van der Waals surface area (Å²) in [5, 5.41) is 9.56. The molecule has 2 aromatic carbocycles. The number of hydrogen-bond donors (Lipinski definition) is 1. The zero-order chi connectivity index (χ0) is 15.6. The van der Waals surface area contributed by atoms with E-state index in [1.807, 2.05) is 48.5 Å². The van der Waals surface area contributed by atoms with E-state index in [2.05, 4.69) is 0 Å². The Morgan fingerprint density at radius 2 is 1.91 bits per heavy atom. The highest BCUT2D eigenvalue weighted by molar-refractivity contribution is 6.32. The topological polar surface area (TPSA) is 46.5 Å². The number of carboxylic acids is 1. The predicted molar refractivity (Wildman–Crippen MR) is 85.4 cm³/mol.